The fourth-order valence-corrected chi connectivity index (χ4v) is 3.78. The van der Waals surface area contributed by atoms with Crippen LogP contribution in [0.3, 0.4) is 0 Å². The molecule has 0 atom stereocenters. The van der Waals surface area contributed by atoms with Gasteiger partial charge in [-0.2, -0.15) is 0 Å². The Morgan fingerprint density at radius 1 is 1.09 bits per heavy atom. The van der Waals surface area contributed by atoms with Gasteiger partial charge in [0.25, 0.3) is 0 Å². The zero-order chi connectivity index (χ0) is 14.9. The highest BCUT2D eigenvalue weighted by atomic mass is 32.1. The molecule has 0 radical (unpaired) electrons. The van der Waals surface area contributed by atoms with E-state index < -0.39 is 0 Å². The predicted octanol–water partition coefficient (Wildman–Crippen LogP) is 5.28. The molecule has 3 heteroatoms. The average molecular weight is 304 g/mol. The lowest BCUT2D eigenvalue weighted by Crippen LogP contribution is -1.90. The summed E-state index contributed by atoms with van der Waals surface area (Å²) in [6.07, 6.45) is 7.31. The van der Waals surface area contributed by atoms with E-state index in [9.17, 15) is 0 Å². The maximum absolute atomic E-state index is 4.49. The Morgan fingerprint density at radius 3 is 2.86 bits per heavy atom. The van der Waals surface area contributed by atoms with Crippen molar-refractivity contribution in [3.63, 3.8) is 0 Å². The third-order valence-electron chi connectivity index (χ3n) is 3.96. The van der Waals surface area contributed by atoms with Crippen molar-refractivity contribution >= 4 is 39.2 Å². The van der Waals surface area contributed by atoms with Crippen molar-refractivity contribution in [3.8, 4) is 0 Å². The van der Waals surface area contributed by atoms with Crippen molar-refractivity contribution < 1.29 is 0 Å². The van der Waals surface area contributed by atoms with Crippen molar-refractivity contribution in [2.75, 3.05) is 0 Å². The first kappa shape index (κ1) is 13.3. The monoisotopic (exact) mass is 304 g/mol. The third-order valence-corrected chi connectivity index (χ3v) is 4.85. The molecule has 0 saturated heterocycles. The van der Waals surface area contributed by atoms with Gasteiger partial charge >= 0.3 is 0 Å². The Labute approximate surface area is 133 Å². The normalized spacial score (nSPS) is 11.9. The summed E-state index contributed by atoms with van der Waals surface area (Å²) in [5.74, 6) is 0. The Kier molecular flexibility index (Phi) is 3.28. The van der Waals surface area contributed by atoms with E-state index in [0.717, 1.165) is 17.1 Å². The summed E-state index contributed by atoms with van der Waals surface area (Å²) in [5, 5.41) is 4.74. The molecule has 2 nitrogen and oxygen atoms in total. The molecule has 0 N–H and O–H groups in total. The molecule has 0 aliphatic carbocycles. The molecule has 4 aromatic rings. The molecule has 0 aliphatic heterocycles. The van der Waals surface area contributed by atoms with Gasteiger partial charge < -0.3 is 0 Å². The van der Waals surface area contributed by atoms with Crippen LogP contribution < -0.4 is 0 Å². The summed E-state index contributed by atoms with van der Waals surface area (Å²) in [6.45, 7) is 2.18. The first-order chi connectivity index (χ1) is 10.9. The van der Waals surface area contributed by atoms with E-state index >= 15 is 0 Å². The molecule has 0 bridgehead atoms. The fraction of sp³-hybridized carbons (Fsp3) is 0.105. The van der Waals surface area contributed by atoms with E-state index in [-0.39, 0.29) is 0 Å². The van der Waals surface area contributed by atoms with Gasteiger partial charge in [0, 0.05) is 11.1 Å². The number of benzene rings is 2. The van der Waals surface area contributed by atoms with Gasteiger partial charge in [0.05, 0.1) is 11.9 Å². The second-order valence-electron chi connectivity index (χ2n) is 5.28. The van der Waals surface area contributed by atoms with Crippen molar-refractivity contribution in [2.24, 2.45) is 0 Å². The molecule has 0 spiro atoms. The highest BCUT2D eigenvalue weighted by molar-refractivity contribution is 7.15. The Bertz CT molecular complexity index is 970. The molecule has 0 unspecified atom stereocenters. The lowest BCUT2D eigenvalue weighted by molar-refractivity contribution is 0.996. The minimum absolute atomic E-state index is 1.02. The topological polar surface area (TPSA) is 17.3 Å². The zero-order valence-electron chi connectivity index (χ0n) is 12.4. The summed E-state index contributed by atoms with van der Waals surface area (Å²) >= 11 is 1.70. The van der Waals surface area contributed by atoms with Crippen LogP contribution in [0.1, 0.15) is 23.9 Å². The zero-order valence-corrected chi connectivity index (χ0v) is 13.2. The van der Waals surface area contributed by atoms with Gasteiger partial charge in [-0.25, -0.2) is 4.98 Å². The van der Waals surface area contributed by atoms with Crippen LogP contribution in [-0.2, 0) is 6.42 Å². The van der Waals surface area contributed by atoms with E-state index in [1.807, 2.05) is 6.20 Å². The number of aromatic nitrogens is 2. The number of nitrogens with zero attached hydrogens (tertiary/aromatic N) is 2. The summed E-state index contributed by atoms with van der Waals surface area (Å²) in [7, 11) is 0. The standard InChI is InChI=1S/C19H16N2S/c1-2-16-13-22-19-20-12-17(21(16)19)11-10-15-8-5-7-14-6-3-4-9-18(14)15/h3-13H,2H2,1H3/b11-10+. The molecule has 0 amide bonds. The lowest BCUT2D eigenvalue weighted by atomic mass is 10.0. The molecule has 22 heavy (non-hydrogen) atoms. The van der Waals surface area contributed by atoms with Gasteiger partial charge in [-0.3, -0.25) is 4.40 Å². The molecule has 0 aliphatic rings. The number of hydrogen-bond donors (Lipinski definition) is 0. The minimum atomic E-state index is 1.02. The largest absolute Gasteiger partial charge is 0.288 e. The molecule has 2 aromatic heterocycles. The van der Waals surface area contributed by atoms with Crippen LogP contribution in [0.15, 0.2) is 54.0 Å². The maximum atomic E-state index is 4.49. The van der Waals surface area contributed by atoms with Gasteiger partial charge in [0.1, 0.15) is 0 Å². The quantitative estimate of drug-likeness (QED) is 0.503. The van der Waals surface area contributed by atoms with Gasteiger partial charge in [0.15, 0.2) is 4.96 Å². The van der Waals surface area contributed by atoms with E-state index in [4.69, 9.17) is 0 Å². The van der Waals surface area contributed by atoms with Crippen molar-refractivity contribution in [1.82, 2.24) is 9.38 Å². The number of hydrogen-bond acceptors (Lipinski definition) is 2. The fourth-order valence-electron chi connectivity index (χ4n) is 2.82. The summed E-state index contributed by atoms with van der Waals surface area (Å²) in [5.41, 5.74) is 3.69. The van der Waals surface area contributed by atoms with Crippen LogP contribution in [0.25, 0.3) is 27.9 Å². The van der Waals surface area contributed by atoms with Gasteiger partial charge in [0.2, 0.25) is 0 Å². The van der Waals surface area contributed by atoms with Crippen LogP contribution in [-0.4, -0.2) is 9.38 Å². The van der Waals surface area contributed by atoms with Crippen LogP contribution in [0.5, 0.6) is 0 Å². The molecule has 4 rings (SSSR count). The second-order valence-corrected chi connectivity index (χ2v) is 6.12. The van der Waals surface area contributed by atoms with Gasteiger partial charge in [-0.1, -0.05) is 55.5 Å². The van der Waals surface area contributed by atoms with Gasteiger partial charge in [-0.15, -0.1) is 11.3 Å². The number of rotatable bonds is 3. The maximum Gasteiger partial charge on any atom is 0.194 e. The number of thiazole rings is 1. The van der Waals surface area contributed by atoms with Crippen molar-refractivity contribution in [1.29, 1.82) is 0 Å². The number of fused-ring (bicyclic) bond motifs is 2. The minimum Gasteiger partial charge on any atom is -0.288 e. The van der Waals surface area contributed by atoms with Crippen molar-refractivity contribution in [3.05, 3.63) is 71.0 Å². The molecular formula is C19H16N2S. The Balaban J connectivity index is 1.81. The third kappa shape index (κ3) is 2.14. The summed E-state index contributed by atoms with van der Waals surface area (Å²) in [6, 6.07) is 14.9. The van der Waals surface area contributed by atoms with Crippen molar-refractivity contribution in [2.45, 2.75) is 13.3 Å². The molecule has 2 aromatic carbocycles. The van der Waals surface area contributed by atoms with E-state index in [1.54, 1.807) is 11.3 Å². The Hall–Kier alpha value is -2.39. The Morgan fingerprint density at radius 2 is 1.95 bits per heavy atom. The smallest absolute Gasteiger partial charge is 0.194 e. The van der Waals surface area contributed by atoms with Gasteiger partial charge in [-0.05, 0) is 28.8 Å². The highest BCUT2D eigenvalue weighted by Crippen LogP contribution is 2.23. The summed E-state index contributed by atoms with van der Waals surface area (Å²) < 4.78 is 2.24. The molecule has 2 heterocycles. The first-order valence-electron chi connectivity index (χ1n) is 7.46. The second kappa shape index (κ2) is 5.43. The lowest BCUT2D eigenvalue weighted by Gasteiger charge is -2.02. The van der Waals surface area contributed by atoms with E-state index in [0.29, 0.717) is 0 Å². The highest BCUT2D eigenvalue weighted by Gasteiger charge is 2.06. The number of aryl methyl sites for hydroxylation is 1. The molecule has 0 saturated carbocycles. The first-order valence-corrected chi connectivity index (χ1v) is 8.34. The molecule has 108 valence electrons. The number of imidazole rings is 1. The SMILES string of the molecule is CCc1csc2ncc(/C=C/c3cccc4ccccc34)n12. The van der Waals surface area contributed by atoms with Crippen LogP contribution in [0.4, 0.5) is 0 Å². The summed E-state index contributed by atoms with van der Waals surface area (Å²) in [4.78, 5) is 5.56. The van der Waals surface area contributed by atoms with Crippen LogP contribution in [0, 0.1) is 0 Å². The predicted molar refractivity (Wildman–Crippen MR) is 95.3 cm³/mol. The molecule has 0 fully saturated rings. The molecular weight excluding hydrogens is 288 g/mol. The average Bonchev–Trinajstić information content (AvgIpc) is 3.15. The van der Waals surface area contributed by atoms with E-state index in [2.05, 4.69) is 76.3 Å². The van der Waals surface area contributed by atoms with E-state index in [1.165, 1.54) is 22.0 Å². The van der Waals surface area contributed by atoms with Crippen LogP contribution in [0.2, 0.25) is 0 Å². The van der Waals surface area contributed by atoms with Crippen LogP contribution >= 0.6 is 11.3 Å².